The first kappa shape index (κ1) is 13.2. The number of nitrogens with one attached hydrogen (secondary N) is 1. The van der Waals surface area contributed by atoms with Crippen LogP contribution in [-0.4, -0.2) is 15.4 Å². The van der Waals surface area contributed by atoms with Crippen LogP contribution in [0.2, 0.25) is 0 Å². The van der Waals surface area contributed by atoms with Gasteiger partial charge in [-0.05, 0) is 23.3 Å². The van der Waals surface area contributed by atoms with E-state index in [1.807, 2.05) is 54.6 Å². The highest BCUT2D eigenvalue weighted by Crippen LogP contribution is 2.28. The largest absolute Gasteiger partial charge is 0.386 e. The molecule has 0 saturated carbocycles. The van der Waals surface area contributed by atoms with Crippen molar-refractivity contribution in [3.8, 4) is 0 Å². The first-order chi connectivity index (χ1) is 9.75. The zero-order chi connectivity index (χ0) is 13.9. The van der Waals surface area contributed by atoms with Gasteiger partial charge in [-0.1, -0.05) is 54.6 Å². The molecule has 0 saturated heterocycles. The van der Waals surface area contributed by atoms with E-state index in [0.717, 1.165) is 11.1 Å². The predicted molar refractivity (Wildman–Crippen MR) is 80.2 cm³/mol. The molecule has 2 unspecified atom stereocenters. The molecule has 0 bridgehead atoms. The van der Waals surface area contributed by atoms with Crippen LogP contribution in [-0.2, 0) is 11.0 Å². The number of hydrogen-bond acceptors (Lipinski definition) is 2. The number of hydrogen-bond donors (Lipinski definition) is 2. The van der Waals surface area contributed by atoms with Crippen molar-refractivity contribution in [2.24, 2.45) is 0 Å². The summed E-state index contributed by atoms with van der Waals surface area (Å²) in [6, 6.07) is 16.5. The maximum absolute atomic E-state index is 12.2. The second kappa shape index (κ2) is 5.71. The van der Waals surface area contributed by atoms with E-state index in [1.165, 1.54) is 0 Å². The molecule has 2 N–H and O–H groups in total. The van der Waals surface area contributed by atoms with Crippen molar-refractivity contribution in [1.29, 1.82) is 0 Å². The van der Waals surface area contributed by atoms with Crippen molar-refractivity contribution in [2.45, 2.75) is 17.0 Å². The standard InChI is InChI=1S/C16H15NO2S/c18-16-14-9-5-4-6-12(14)10-11-15(16)17-20(19)13-7-2-1-3-8-13/h1-11,15-18H/t15-,16?,20?/m0/s1. The topological polar surface area (TPSA) is 49.3 Å². The molecular weight excluding hydrogens is 270 g/mol. The number of rotatable bonds is 3. The van der Waals surface area contributed by atoms with E-state index in [9.17, 15) is 9.32 Å². The van der Waals surface area contributed by atoms with Crippen molar-refractivity contribution in [2.75, 3.05) is 0 Å². The van der Waals surface area contributed by atoms with Gasteiger partial charge in [0.25, 0.3) is 0 Å². The molecule has 0 heterocycles. The summed E-state index contributed by atoms with van der Waals surface area (Å²) in [5.74, 6) is 0. The third kappa shape index (κ3) is 2.58. The van der Waals surface area contributed by atoms with Crippen LogP contribution >= 0.6 is 0 Å². The van der Waals surface area contributed by atoms with Crippen LogP contribution in [0.15, 0.2) is 65.6 Å². The van der Waals surface area contributed by atoms with E-state index in [2.05, 4.69) is 4.72 Å². The average Bonchev–Trinajstić information content (AvgIpc) is 2.51. The lowest BCUT2D eigenvalue weighted by molar-refractivity contribution is 0.156. The zero-order valence-corrected chi connectivity index (χ0v) is 11.6. The Balaban J connectivity index is 1.79. The molecule has 0 amide bonds. The summed E-state index contributed by atoms with van der Waals surface area (Å²) in [6.45, 7) is 0. The third-order valence-electron chi connectivity index (χ3n) is 3.34. The Kier molecular flexibility index (Phi) is 3.78. The molecular formula is C16H15NO2S. The fraction of sp³-hybridized carbons (Fsp3) is 0.125. The van der Waals surface area contributed by atoms with Crippen LogP contribution < -0.4 is 4.72 Å². The zero-order valence-electron chi connectivity index (χ0n) is 10.8. The summed E-state index contributed by atoms with van der Waals surface area (Å²) in [4.78, 5) is 0.701. The van der Waals surface area contributed by atoms with Gasteiger partial charge in [-0.2, -0.15) is 0 Å². The summed E-state index contributed by atoms with van der Waals surface area (Å²) < 4.78 is 15.2. The summed E-state index contributed by atoms with van der Waals surface area (Å²) in [6.07, 6.45) is 3.11. The molecule has 0 fully saturated rings. The maximum atomic E-state index is 12.2. The minimum atomic E-state index is -1.34. The molecule has 20 heavy (non-hydrogen) atoms. The van der Waals surface area contributed by atoms with Gasteiger partial charge in [0, 0.05) is 0 Å². The number of aliphatic hydroxyl groups is 1. The first-order valence-electron chi connectivity index (χ1n) is 6.44. The normalized spacial score (nSPS) is 22.2. The van der Waals surface area contributed by atoms with Gasteiger partial charge in [0.2, 0.25) is 0 Å². The molecule has 1 aliphatic rings. The molecule has 1 aliphatic carbocycles. The van der Waals surface area contributed by atoms with E-state index >= 15 is 0 Å². The second-order valence-electron chi connectivity index (χ2n) is 4.66. The van der Waals surface area contributed by atoms with E-state index in [4.69, 9.17) is 0 Å². The molecule has 0 aromatic heterocycles. The van der Waals surface area contributed by atoms with E-state index in [-0.39, 0.29) is 6.04 Å². The molecule has 102 valence electrons. The van der Waals surface area contributed by atoms with Crippen molar-refractivity contribution in [3.05, 3.63) is 71.8 Å². The minimum Gasteiger partial charge on any atom is -0.386 e. The molecule has 3 nitrogen and oxygen atoms in total. The second-order valence-corrected chi connectivity index (χ2v) is 5.90. The Bertz CT molecular complexity index is 655. The molecule has 0 radical (unpaired) electrons. The van der Waals surface area contributed by atoms with E-state index < -0.39 is 17.1 Å². The van der Waals surface area contributed by atoms with E-state index in [0.29, 0.717) is 4.90 Å². The summed E-state index contributed by atoms with van der Waals surface area (Å²) >= 11 is 0. The van der Waals surface area contributed by atoms with Crippen molar-refractivity contribution < 1.29 is 9.32 Å². The molecule has 3 rings (SSSR count). The van der Waals surface area contributed by atoms with Crippen LogP contribution in [0.25, 0.3) is 6.08 Å². The van der Waals surface area contributed by atoms with Crippen LogP contribution in [0, 0.1) is 0 Å². The molecule has 2 aromatic rings. The van der Waals surface area contributed by atoms with Crippen LogP contribution in [0.4, 0.5) is 0 Å². The van der Waals surface area contributed by atoms with Gasteiger partial charge in [0.05, 0.1) is 17.0 Å². The van der Waals surface area contributed by atoms with E-state index in [1.54, 1.807) is 12.1 Å². The molecule has 4 heteroatoms. The van der Waals surface area contributed by atoms with Crippen molar-refractivity contribution in [3.63, 3.8) is 0 Å². The van der Waals surface area contributed by atoms with Gasteiger partial charge < -0.3 is 5.11 Å². The fourth-order valence-corrected chi connectivity index (χ4v) is 3.27. The predicted octanol–water partition coefficient (Wildman–Crippen LogP) is 2.43. The minimum absolute atomic E-state index is 0.356. The van der Waals surface area contributed by atoms with Crippen molar-refractivity contribution in [1.82, 2.24) is 4.72 Å². The summed E-state index contributed by atoms with van der Waals surface area (Å²) in [5, 5.41) is 10.4. The van der Waals surface area contributed by atoms with Crippen LogP contribution in [0.1, 0.15) is 17.2 Å². The van der Waals surface area contributed by atoms with Gasteiger partial charge >= 0.3 is 0 Å². The third-order valence-corrected chi connectivity index (χ3v) is 4.52. The quantitative estimate of drug-likeness (QED) is 0.910. The van der Waals surface area contributed by atoms with Gasteiger partial charge in [0.15, 0.2) is 0 Å². The summed E-state index contributed by atoms with van der Waals surface area (Å²) in [5.41, 5.74) is 1.86. The van der Waals surface area contributed by atoms with Crippen LogP contribution in [0.3, 0.4) is 0 Å². The number of fused-ring (bicyclic) bond motifs is 1. The highest BCUT2D eigenvalue weighted by atomic mass is 32.2. The molecule has 0 spiro atoms. The van der Waals surface area contributed by atoms with Crippen LogP contribution in [0.5, 0.6) is 0 Å². The monoisotopic (exact) mass is 285 g/mol. The lowest BCUT2D eigenvalue weighted by Gasteiger charge is -2.26. The SMILES string of the molecule is O=S(N[C@H]1C=Cc2ccccc2C1O)c1ccccc1. The lowest BCUT2D eigenvalue weighted by Crippen LogP contribution is -2.36. The number of benzene rings is 2. The number of aliphatic hydroxyl groups excluding tert-OH is 1. The Morgan fingerprint density at radius 2 is 1.70 bits per heavy atom. The lowest BCUT2D eigenvalue weighted by atomic mass is 9.92. The Morgan fingerprint density at radius 3 is 2.50 bits per heavy atom. The summed E-state index contributed by atoms with van der Waals surface area (Å²) in [7, 11) is -1.34. The fourth-order valence-electron chi connectivity index (χ4n) is 2.28. The van der Waals surface area contributed by atoms with Crippen molar-refractivity contribution >= 4 is 17.1 Å². The Hall–Kier alpha value is -1.75. The smallest absolute Gasteiger partial charge is 0.125 e. The van der Waals surface area contributed by atoms with Gasteiger partial charge in [-0.3, -0.25) is 0 Å². The van der Waals surface area contributed by atoms with Gasteiger partial charge in [-0.25, -0.2) is 8.93 Å². The Labute approximate surface area is 120 Å². The maximum Gasteiger partial charge on any atom is 0.125 e. The van der Waals surface area contributed by atoms with Gasteiger partial charge in [0.1, 0.15) is 11.0 Å². The first-order valence-corrected chi connectivity index (χ1v) is 7.59. The molecule has 2 aromatic carbocycles. The highest BCUT2D eigenvalue weighted by Gasteiger charge is 2.25. The average molecular weight is 285 g/mol. The molecule has 0 aliphatic heterocycles. The Morgan fingerprint density at radius 1 is 1.00 bits per heavy atom. The highest BCUT2D eigenvalue weighted by molar-refractivity contribution is 7.83. The molecule has 3 atom stereocenters. The van der Waals surface area contributed by atoms with Gasteiger partial charge in [-0.15, -0.1) is 0 Å².